The summed E-state index contributed by atoms with van der Waals surface area (Å²) in [5.74, 6) is -0.375. The topological polar surface area (TPSA) is 57.1 Å². The van der Waals surface area contributed by atoms with Crippen LogP contribution in [0.15, 0.2) is 35.5 Å². The van der Waals surface area contributed by atoms with Gasteiger partial charge in [-0.3, -0.25) is 0 Å². The lowest BCUT2D eigenvalue weighted by Crippen LogP contribution is -2.18. The molecule has 5 nitrogen and oxygen atoms in total. The number of esters is 1. The van der Waals surface area contributed by atoms with Crippen molar-refractivity contribution < 1.29 is 19.1 Å². The van der Waals surface area contributed by atoms with E-state index in [-0.39, 0.29) is 12.1 Å². The molecule has 0 N–H and O–H groups in total. The standard InChI is InChI=1S/C16H21NO4/c1-2-20-16(18)15-11-14(21-17-15)9-6-10-19-12-13-7-4-3-5-8-13/h3-5,7-8,14H,2,6,9-12H2,1H3. The molecule has 1 aromatic carbocycles. The number of ether oxygens (including phenoxy) is 2. The Morgan fingerprint density at radius 3 is 2.95 bits per heavy atom. The van der Waals surface area contributed by atoms with Crippen molar-refractivity contribution in [2.75, 3.05) is 13.2 Å². The fraction of sp³-hybridized carbons (Fsp3) is 0.500. The molecule has 1 unspecified atom stereocenters. The van der Waals surface area contributed by atoms with Gasteiger partial charge in [-0.15, -0.1) is 0 Å². The second kappa shape index (κ2) is 8.42. The third-order valence-electron chi connectivity index (χ3n) is 3.17. The van der Waals surface area contributed by atoms with Crippen LogP contribution in [0.3, 0.4) is 0 Å². The molecular formula is C16H21NO4. The largest absolute Gasteiger partial charge is 0.461 e. The van der Waals surface area contributed by atoms with Gasteiger partial charge in [0, 0.05) is 13.0 Å². The Bertz CT molecular complexity index is 472. The van der Waals surface area contributed by atoms with E-state index in [1.165, 1.54) is 5.56 Å². The van der Waals surface area contributed by atoms with Gasteiger partial charge in [-0.05, 0) is 25.3 Å². The molecule has 0 aromatic heterocycles. The maximum absolute atomic E-state index is 11.5. The molecule has 2 rings (SSSR count). The van der Waals surface area contributed by atoms with Gasteiger partial charge in [0.25, 0.3) is 0 Å². The van der Waals surface area contributed by atoms with Crippen molar-refractivity contribution in [3.8, 4) is 0 Å². The van der Waals surface area contributed by atoms with Crippen LogP contribution in [-0.2, 0) is 25.7 Å². The number of hydrogen-bond donors (Lipinski definition) is 0. The smallest absolute Gasteiger partial charge is 0.356 e. The number of carbonyl (C=O) groups excluding carboxylic acids is 1. The summed E-state index contributed by atoms with van der Waals surface area (Å²) in [6.45, 7) is 3.42. The molecule has 1 aromatic rings. The maximum Gasteiger partial charge on any atom is 0.356 e. The number of hydrogen-bond acceptors (Lipinski definition) is 5. The van der Waals surface area contributed by atoms with Gasteiger partial charge in [0.05, 0.1) is 13.2 Å². The second-order valence-electron chi connectivity index (χ2n) is 4.87. The van der Waals surface area contributed by atoms with Crippen molar-refractivity contribution >= 4 is 11.7 Å². The summed E-state index contributed by atoms with van der Waals surface area (Å²) < 4.78 is 10.5. The monoisotopic (exact) mass is 291 g/mol. The minimum absolute atomic E-state index is 0.0373. The molecule has 0 radical (unpaired) electrons. The Morgan fingerprint density at radius 2 is 2.19 bits per heavy atom. The van der Waals surface area contributed by atoms with Gasteiger partial charge in [0.15, 0.2) is 5.71 Å². The normalized spacial score (nSPS) is 17.2. The molecule has 1 aliphatic rings. The third-order valence-corrected chi connectivity index (χ3v) is 3.17. The highest BCUT2D eigenvalue weighted by molar-refractivity contribution is 6.36. The van der Waals surface area contributed by atoms with Crippen LogP contribution < -0.4 is 0 Å². The van der Waals surface area contributed by atoms with E-state index in [1.54, 1.807) is 6.92 Å². The average Bonchev–Trinajstić information content (AvgIpc) is 2.97. The SMILES string of the molecule is CCOC(=O)C1=NOC(CCCOCc2ccccc2)C1. The highest BCUT2D eigenvalue weighted by Crippen LogP contribution is 2.16. The van der Waals surface area contributed by atoms with Gasteiger partial charge < -0.3 is 14.3 Å². The van der Waals surface area contributed by atoms with Gasteiger partial charge in [-0.2, -0.15) is 0 Å². The van der Waals surface area contributed by atoms with E-state index in [0.29, 0.717) is 32.0 Å². The van der Waals surface area contributed by atoms with E-state index in [2.05, 4.69) is 5.16 Å². The Balaban J connectivity index is 1.55. The van der Waals surface area contributed by atoms with Gasteiger partial charge >= 0.3 is 5.97 Å². The summed E-state index contributed by atoms with van der Waals surface area (Å²) in [6.07, 6.45) is 2.19. The number of nitrogens with zero attached hydrogens (tertiary/aromatic N) is 1. The molecule has 0 bridgehead atoms. The van der Waals surface area contributed by atoms with Gasteiger partial charge in [-0.1, -0.05) is 35.5 Å². The molecule has 0 saturated heterocycles. The lowest BCUT2D eigenvalue weighted by molar-refractivity contribution is -0.135. The van der Waals surface area contributed by atoms with E-state index in [9.17, 15) is 4.79 Å². The molecule has 0 aliphatic carbocycles. The average molecular weight is 291 g/mol. The minimum Gasteiger partial charge on any atom is -0.461 e. The number of benzene rings is 1. The fourth-order valence-corrected chi connectivity index (χ4v) is 2.10. The molecule has 0 spiro atoms. The van der Waals surface area contributed by atoms with E-state index < -0.39 is 0 Å². The van der Waals surface area contributed by atoms with E-state index >= 15 is 0 Å². The van der Waals surface area contributed by atoms with Crippen molar-refractivity contribution in [3.05, 3.63) is 35.9 Å². The fourth-order valence-electron chi connectivity index (χ4n) is 2.10. The number of oxime groups is 1. The first kappa shape index (κ1) is 15.5. The third kappa shape index (κ3) is 5.19. The summed E-state index contributed by atoms with van der Waals surface area (Å²) in [7, 11) is 0. The van der Waals surface area contributed by atoms with Crippen molar-refractivity contribution in [1.82, 2.24) is 0 Å². The van der Waals surface area contributed by atoms with Crippen LogP contribution in [0.2, 0.25) is 0 Å². The first-order valence-corrected chi connectivity index (χ1v) is 7.31. The van der Waals surface area contributed by atoms with Crippen molar-refractivity contribution in [2.24, 2.45) is 5.16 Å². The molecule has 5 heteroatoms. The summed E-state index contributed by atoms with van der Waals surface area (Å²) in [6, 6.07) is 10.1. The van der Waals surface area contributed by atoms with Crippen molar-refractivity contribution in [2.45, 2.75) is 38.9 Å². The quantitative estimate of drug-likeness (QED) is 0.546. The maximum atomic E-state index is 11.5. The molecule has 21 heavy (non-hydrogen) atoms. The summed E-state index contributed by atoms with van der Waals surface area (Å²) in [5.41, 5.74) is 1.55. The highest BCUT2D eigenvalue weighted by Gasteiger charge is 2.26. The molecule has 1 atom stereocenters. The van der Waals surface area contributed by atoms with E-state index in [1.807, 2.05) is 30.3 Å². The first-order valence-electron chi connectivity index (χ1n) is 7.31. The minimum atomic E-state index is -0.375. The molecule has 1 heterocycles. The molecular weight excluding hydrogens is 270 g/mol. The zero-order chi connectivity index (χ0) is 14.9. The van der Waals surface area contributed by atoms with Crippen LogP contribution in [0.4, 0.5) is 0 Å². The lowest BCUT2D eigenvalue weighted by Gasteiger charge is -2.08. The zero-order valence-corrected chi connectivity index (χ0v) is 12.3. The summed E-state index contributed by atoms with van der Waals surface area (Å²) >= 11 is 0. The first-order chi connectivity index (χ1) is 10.3. The Labute approximate surface area is 124 Å². The molecule has 0 saturated carbocycles. The van der Waals surface area contributed by atoms with Gasteiger partial charge in [0.1, 0.15) is 6.10 Å². The predicted molar refractivity (Wildman–Crippen MR) is 78.9 cm³/mol. The molecule has 0 fully saturated rings. The van der Waals surface area contributed by atoms with E-state index in [0.717, 1.165) is 12.8 Å². The Hall–Kier alpha value is -1.88. The van der Waals surface area contributed by atoms with Crippen LogP contribution in [0.5, 0.6) is 0 Å². The number of carbonyl (C=O) groups is 1. The lowest BCUT2D eigenvalue weighted by atomic mass is 10.1. The molecule has 0 amide bonds. The molecule has 1 aliphatic heterocycles. The summed E-state index contributed by atoms with van der Waals surface area (Å²) in [4.78, 5) is 16.7. The van der Waals surface area contributed by atoms with Crippen LogP contribution in [0, 0.1) is 0 Å². The van der Waals surface area contributed by atoms with Crippen LogP contribution >= 0.6 is 0 Å². The summed E-state index contributed by atoms with van der Waals surface area (Å²) in [5, 5.41) is 3.78. The highest BCUT2D eigenvalue weighted by atomic mass is 16.6. The van der Waals surface area contributed by atoms with E-state index in [4.69, 9.17) is 14.3 Å². The van der Waals surface area contributed by atoms with Crippen molar-refractivity contribution in [3.63, 3.8) is 0 Å². The van der Waals surface area contributed by atoms with Gasteiger partial charge in [-0.25, -0.2) is 4.79 Å². The molecule has 114 valence electrons. The van der Waals surface area contributed by atoms with Crippen molar-refractivity contribution in [1.29, 1.82) is 0 Å². The Morgan fingerprint density at radius 1 is 1.38 bits per heavy atom. The predicted octanol–water partition coefficient (Wildman–Crippen LogP) is 2.69. The van der Waals surface area contributed by atoms with Crippen LogP contribution in [-0.4, -0.2) is 31.0 Å². The number of rotatable bonds is 8. The zero-order valence-electron chi connectivity index (χ0n) is 12.3. The second-order valence-corrected chi connectivity index (χ2v) is 4.87. The van der Waals surface area contributed by atoms with Gasteiger partial charge in [0.2, 0.25) is 0 Å². The van der Waals surface area contributed by atoms with Crippen LogP contribution in [0.1, 0.15) is 31.7 Å². The van der Waals surface area contributed by atoms with Crippen LogP contribution in [0.25, 0.3) is 0 Å². The Kier molecular flexibility index (Phi) is 6.22.